The maximum Gasteiger partial charge on any atom is 0.192 e. The number of aromatic nitrogens is 2. The second-order valence-electron chi connectivity index (χ2n) is 3.69. The first kappa shape index (κ1) is 10.3. The molecule has 2 heterocycles. The van der Waals surface area contributed by atoms with Crippen LogP contribution in [0.1, 0.15) is 10.9 Å². The highest BCUT2D eigenvalue weighted by Crippen LogP contribution is 2.20. The van der Waals surface area contributed by atoms with Gasteiger partial charge in [-0.15, -0.1) is 11.3 Å². The number of thiazole rings is 1. The van der Waals surface area contributed by atoms with Crippen LogP contribution in [0.25, 0.3) is 11.1 Å². The van der Waals surface area contributed by atoms with Gasteiger partial charge in [-0.1, -0.05) is 0 Å². The molecule has 0 bridgehead atoms. The van der Waals surface area contributed by atoms with E-state index in [4.69, 9.17) is 4.42 Å². The van der Waals surface area contributed by atoms with Crippen molar-refractivity contribution in [2.75, 3.05) is 5.32 Å². The lowest BCUT2D eigenvalue weighted by molar-refractivity contribution is 0.561. The van der Waals surface area contributed by atoms with E-state index in [1.54, 1.807) is 11.3 Å². The number of oxazole rings is 1. The van der Waals surface area contributed by atoms with Crippen LogP contribution >= 0.6 is 11.3 Å². The fourth-order valence-corrected chi connectivity index (χ4v) is 2.23. The van der Waals surface area contributed by atoms with E-state index in [2.05, 4.69) is 15.3 Å². The van der Waals surface area contributed by atoms with Crippen molar-refractivity contribution in [1.82, 2.24) is 9.97 Å². The van der Waals surface area contributed by atoms with E-state index in [9.17, 15) is 0 Å². The van der Waals surface area contributed by atoms with Crippen molar-refractivity contribution in [2.24, 2.45) is 0 Å². The molecular weight excluding hydrogens is 234 g/mol. The summed E-state index contributed by atoms with van der Waals surface area (Å²) in [7, 11) is 0. The monoisotopic (exact) mass is 245 g/mol. The van der Waals surface area contributed by atoms with Crippen molar-refractivity contribution < 1.29 is 4.42 Å². The Labute approximate surface area is 102 Å². The molecule has 1 aromatic carbocycles. The van der Waals surface area contributed by atoms with E-state index < -0.39 is 0 Å². The molecule has 0 unspecified atom stereocenters. The van der Waals surface area contributed by atoms with Crippen LogP contribution in [0.5, 0.6) is 0 Å². The number of rotatable bonds is 3. The zero-order valence-electron chi connectivity index (χ0n) is 9.30. The molecule has 0 spiro atoms. The highest BCUT2D eigenvalue weighted by Gasteiger charge is 2.03. The topological polar surface area (TPSA) is 51.0 Å². The molecule has 3 aromatic rings. The lowest BCUT2D eigenvalue weighted by atomic mass is 10.3. The Kier molecular flexibility index (Phi) is 2.53. The minimum Gasteiger partial charge on any atom is -0.441 e. The summed E-state index contributed by atoms with van der Waals surface area (Å²) in [6.07, 6.45) is 1.81. The molecule has 4 nitrogen and oxygen atoms in total. The minimum atomic E-state index is 0.692. The first-order chi connectivity index (χ1) is 8.31. The van der Waals surface area contributed by atoms with Gasteiger partial charge < -0.3 is 9.73 Å². The number of benzene rings is 1. The van der Waals surface area contributed by atoms with Gasteiger partial charge in [0.1, 0.15) is 10.5 Å². The third-order valence-corrected chi connectivity index (χ3v) is 3.20. The summed E-state index contributed by atoms with van der Waals surface area (Å²) >= 11 is 1.64. The molecule has 17 heavy (non-hydrogen) atoms. The summed E-state index contributed by atoms with van der Waals surface area (Å²) < 4.78 is 5.42. The second-order valence-corrected chi connectivity index (χ2v) is 4.67. The molecule has 0 aliphatic carbocycles. The van der Waals surface area contributed by atoms with E-state index in [0.29, 0.717) is 5.89 Å². The largest absolute Gasteiger partial charge is 0.441 e. The molecular formula is C12H11N3OS. The first-order valence-electron chi connectivity index (χ1n) is 5.31. The van der Waals surface area contributed by atoms with Crippen LogP contribution in [-0.4, -0.2) is 9.97 Å². The zero-order valence-corrected chi connectivity index (χ0v) is 10.1. The molecule has 0 aliphatic heterocycles. The molecule has 5 heteroatoms. The summed E-state index contributed by atoms with van der Waals surface area (Å²) in [5.41, 5.74) is 2.73. The molecule has 0 saturated carbocycles. The minimum absolute atomic E-state index is 0.692. The molecule has 0 saturated heterocycles. The van der Waals surface area contributed by atoms with Crippen molar-refractivity contribution in [3.05, 3.63) is 40.7 Å². The number of nitrogens with one attached hydrogen (secondary N) is 1. The fourth-order valence-electron chi connectivity index (χ4n) is 1.67. The number of anilines is 1. The number of aryl methyl sites for hydroxylation is 1. The van der Waals surface area contributed by atoms with E-state index in [-0.39, 0.29) is 0 Å². The summed E-state index contributed by atoms with van der Waals surface area (Å²) in [5.74, 6) is 0.692. The van der Waals surface area contributed by atoms with Crippen LogP contribution in [0, 0.1) is 6.92 Å². The van der Waals surface area contributed by atoms with E-state index in [1.165, 1.54) is 0 Å². The van der Waals surface area contributed by atoms with Crippen molar-refractivity contribution >= 4 is 28.1 Å². The molecule has 0 amide bonds. The van der Waals surface area contributed by atoms with E-state index in [1.807, 2.05) is 36.7 Å². The predicted molar refractivity (Wildman–Crippen MR) is 68.2 cm³/mol. The molecule has 0 fully saturated rings. The number of nitrogens with zero attached hydrogens (tertiary/aromatic N) is 2. The number of hydrogen-bond acceptors (Lipinski definition) is 5. The SMILES string of the molecule is Cc1nc2cc(NCc3nccs3)ccc2o1. The summed E-state index contributed by atoms with van der Waals surface area (Å²) in [4.78, 5) is 8.52. The maximum absolute atomic E-state index is 5.42. The Hall–Kier alpha value is -1.88. The molecule has 0 aliphatic rings. The van der Waals surface area contributed by atoms with Crippen molar-refractivity contribution in [1.29, 1.82) is 0 Å². The zero-order chi connectivity index (χ0) is 11.7. The summed E-state index contributed by atoms with van der Waals surface area (Å²) in [6.45, 7) is 2.59. The summed E-state index contributed by atoms with van der Waals surface area (Å²) in [5, 5.41) is 6.36. The number of fused-ring (bicyclic) bond motifs is 1. The first-order valence-corrected chi connectivity index (χ1v) is 6.19. The lowest BCUT2D eigenvalue weighted by Crippen LogP contribution is -1.98. The van der Waals surface area contributed by atoms with Crippen LogP contribution in [0.4, 0.5) is 5.69 Å². The maximum atomic E-state index is 5.42. The van der Waals surface area contributed by atoms with Crippen LogP contribution < -0.4 is 5.32 Å². The van der Waals surface area contributed by atoms with Gasteiger partial charge in [0.05, 0.1) is 6.54 Å². The smallest absolute Gasteiger partial charge is 0.192 e. The van der Waals surface area contributed by atoms with Gasteiger partial charge in [-0.2, -0.15) is 0 Å². The Morgan fingerprint density at radius 3 is 3.18 bits per heavy atom. The Morgan fingerprint density at radius 2 is 2.35 bits per heavy atom. The van der Waals surface area contributed by atoms with Gasteiger partial charge in [0.2, 0.25) is 0 Å². The fraction of sp³-hybridized carbons (Fsp3) is 0.167. The van der Waals surface area contributed by atoms with Gasteiger partial charge in [-0.25, -0.2) is 9.97 Å². The van der Waals surface area contributed by atoms with Crippen LogP contribution in [0.2, 0.25) is 0 Å². The Balaban J connectivity index is 1.81. The van der Waals surface area contributed by atoms with Gasteiger partial charge >= 0.3 is 0 Å². The molecule has 86 valence electrons. The van der Waals surface area contributed by atoms with E-state index >= 15 is 0 Å². The standard InChI is InChI=1S/C12H11N3OS/c1-8-15-10-6-9(2-3-11(10)16-8)14-7-12-13-4-5-17-12/h2-6,14H,7H2,1H3. The molecule has 1 N–H and O–H groups in total. The Morgan fingerprint density at radius 1 is 1.41 bits per heavy atom. The molecule has 0 radical (unpaired) electrons. The van der Waals surface area contributed by atoms with Gasteiger partial charge in [-0.3, -0.25) is 0 Å². The third kappa shape index (κ3) is 2.14. The van der Waals surface area contributed by atoms with Gasteiger partial charge in [-0.05, 0) is 18.2 Å². The third-order valence-electron chi connectivity index (χ3n) is 2.42. The van der Waals surface area contributed by atoms with Gasteiger partial charge in [0, 0.05) is 24.2 Å². The average molecular weight is 245 g/mol. The average Bonchev–Trinajstić information content (AvgIpc) is 2.92. The highest BCUT2D eigenvalue weighted by molar-refractivity contribution is 7.09. The highest BCUT2D eigenvalue weighted by atomic mass is 32.1. The molecule has 2 aromatic heterocycles. The predicted octanol–water partition coefficient (Wildman–Crippen LogP) is 3.20. The van der Waals surface area contributed by atoms with Crippen molar-refractivity contribution in [3.63, 3.8) is 0 Å². The van der Waals surface area contributed by atoms with Crippen molar-refractivity contribution in [3.8, 4) is 0 Å². The van der Waals surface area contributed by atoms with Crippen LogP contribution in [0.15, 0.2) is 34.2 Å². The van der Waals surface area contributed by atoms with E-state index in [0.717, 1.165) is 28.3 Å². The molecule has 3 rings (SSSR count). The second kappa shape index (κ2) is 4.18. The van der Waals surface area contributed by atoms with Crippen LogP contribution in [0.3, 0.4) is 0 Å². The van der Waals surface area contributed by atoms with Gasteiger partial charge in [0.25, 0.3) is 0 Å². The summed E-state index contributed by atoms with van der Waals surface area (Å²) in [6, 6.07) is 5.90. The Bertz CT molecular complexity index is 630. The number of hydrogen-bond donors (Lipinski definition) is 1. The molecule has 0 atom stereocenters. The van der Waals surface area contributed by atoms with Gasteiger partial charge in [0.15, 0.2) is 11.5 Å². The lowest BCUT2D eigenvalue weighted by Gasteiger charge is -2.02. The van der Waals surface area contributed by atoms with Crippen molar-refractivity contribution in [2.45, 2.75) is 13.5 Å². The van der Waals surface area contributed by atoms with Crippen LogP contribution in [-0.2, 0) is 6.54 Å². The quantitative estimate of drug-likeness (QED) is 0.769. The normalized spacial score (nSPS) is 10.9.